The van der Waals surface area contributed by atoms with Gasteiger partial charge in [0.1, 0.15) is 5.82 Å². The van der Waals surface area contributed by atoms with Gasteiger partial charge in [-0.25, -0.2) is 4.39 Å². The summed E-state index contributed by atoms with van der Waals surface area (Å²) in [4.78, 5) is 4.12. The van der Waals surface area contributed by atoms with E-state index in [0.717, 1.165) is 12.8 Å². The number of nitrogens with zero attached hydrogens (tertiary/aromatic N) is 1. The van der Waals surface area contributed by atoms with Crippen LogP contribution in [0.15, 0.2) is 18.3 Å². The molecule has 0 atom stereocenters. The molecule has 1 nitrogen and oxygen atoms in total. The summed E-state index contributed by atoms with van der Waals surface area (Å²) < 4.78 is 13.4. The van der Waals surface area contributed by atoms with Crippen molar-refractivity contribution in [2.24, 2.45) is 0 Å². The van der Waals surface area contributed by atoms with Crippen molar-refractivity contribution in [1.82, 2.24) is 4.98 Å². The molecular formula is C11H16FN. The van der Waals surface area contributed by atoms with Crippen molar-refractivity contribution < 1.29 is 4.39 Å². The quantitative estimate of drug-likeness (QED) is 0.697. The molecule has 0 bridgehead atoms. The first kappa shape index (κ1) is 10.2. The molecule has 0 amide bonds. The molecule has 1 heterocycles. The highest BCUT2D eigenvalue weighted by atomic mass is 19.1. The van der Waals surface area contributed by atoms with Crippen LogP contribution < -0.4 is 0 Å². The molecule has 0 aliphatic carbocycles. The summed E-state index contributed by atoms with van der Waals surface area (Å²) in [6.45, 7) is 6.19. The molecule has 0 fully saturated rings. The third-order valence-corrected chi connectivity index (χ3v) is 2.89. The van der Waals surface area contributed by atoms with Gasteiger partial charge in [0.25, 0.3) is 0 Å². The third-order valence-electron chi connectivity index (χ3n) is 2.89. The normalized spacial score (nSPS) is 11.7. The topological polar surface area (TPSA) is 12.9 Å². The fraction of sp³-hybridized carbons (Fsp3) is 0.545. The lowest BCUT2D eigenvalue weighted by molar-refractivity contribution is 0.400. The van der Waals surface area contributed by atoms with Gasteiger partial charge in [0.05, 0.1) is 5.69 Å². The summed E-state index contributed by atoms with van der Waals surface area (Å²) in [6.07, 6.45) is 3.48. The van der Waals surface area contributed by atoms with E-state index in [0.29, 0.717) is 5.69 Å². The van der Waals surface area contributed by atoms with Gasteiger partial charge in [0, 0.05) is 11.6 Å². The van der Waals surface area contributed by atoms with E-state index in [1.54, 1.807) is 12.3 Å². The van der Waals surface area contributed by atoms with Crippen molar-refractivity contribution in [3.63, 3.8) is 0 Å². The Morgan fingerprint density at radius 2 is 2.00 bits per heavy atom. The lowest BCUT2D eigenvalue weighted by Crippen LogP contribution is -2.22. The predicted molar refractivity (Wildman–Crippen MR) is 52.1 cm³/mol. The van der Waals surface area contributed by atoms with Crippen LogP contribution in [0.5, 0.6) is 0 Å². The molecule has 13 heavy (non-hydrogen) atoms. The lowest BCUT2D eigenvalue weighted by Gasteiger charge is -2.26. The Labute approximate surface area is 79.0 Å². The number of hydrogen-bond donors (Lipinski definition) is 0. The largest absolute Gasteiger partial charge is 0.258 e. The molecule has 0 aliphatic rings. The van der Waals surface area contributed by atoms with E-state index >= 15 is 0 Å². The first-order valence-corrected chi connectivity index (χ1v) is 4.75. The zero-order chi connectivity index (χ0) is 9.90. The second kappa shape index (κ2) is 3.86. The van der Waals surface area contributed by atoms with Crippen molar-refractivity contribution in [1.29, 1.82) is 0 Å². The molecule has 0 aromatic carbocycles. The molecule has 0 N–H and O–H groups in total. The summed E-state index contributed by atoms with van der Waals surface area (Å²) in [7, 11) is 0. The summed E-state index contributed by atoms with van der Waals surface area (Å²) >= 11 is 0. The smallest absolute Gasteiger partial charge is 0.145 e. The van der Waals surface area contributed by atoms with Gasteiger partial charge < -0.3 is 0 Å². The highest BCUT2D eigenvalue weighted by Crippen LogP contribution is 2.30. The number of halogens is 1. The van der Waals surface area contributed by atoms with Gasteiger partial charge in [-0.3, -0.25) is 4.98 Å². The Hall–Kier alpha value is -0.920. The van der Waals surface area contributed by atoms with Crippen LogP contribution in [0.1, 0.15) is 39.3 Å². The van der Waals surface area contributed by atoms with Crippen molar-refractivity contribution >= 4 is 0 Å². The Bertz CT molecular complexity index is 279. The zero-order valence-corrected chi connectivity index (χ0v) is 8.47. The Morgan fingerprint density at radius 1 is 1.38 bits per heavy atom. The van der Waals surface area contributed by atoms with Gasteiger partial charge in [-0.05, 0) is 25.0 Å². The summed E-state index contributed by atoms with van der Waals surface area (Å²) in [5.41, 5.74) is 0.478. The summed E-state index contributed by atoms with van der Waals surface area (Å²) in [5.74, 6) is -0.186. The van der Waals surface area contributed by atoms with Gasteiger partial charge in [-0.15, -0.1) is 0 Å². The molecular weight excluding hydrogens is 165 g/mol. The standard InChI is InChI=1S/C11H16FN/c1-4-11(3,5-2)10-9(12)7-6-8-13-10/h6-8H,4-5H2,1-3H3. The molecule has 72 valence electrons. The predicted octanol–water partition coefficient (Wildman–Crippen LogP) is 3.30. The average molecular weight is 181 g/mol. The molecule has 0 radical (unpaired) electrons. The van der Waals surface area contributed by atoms with Crippen LogP contribution >= 0.6 is 0 Å². The van der Waals surface area contributed by atoms with E-state index in [4.69, 9.17) is 0 Å². The minimum absolute atomic E-state index is 0.120. The van der Waals surface area contributed by atoms with Crippen LogP contribution in [-0.4, -0.2) is 4.98 Å². The second-order valence-corrected chi connectivity index (χ2v) is 3.60. The van der Waals surface area contributed by atoms with Crippen LogP contribution in [0, 0.1) is 5.82 Å². The Kier molecular flexibility index (Phi) is 3.02. The first-order chi connectivity index (χ1) is 6.14. The molecule has 0 saturated heterocycles. The summed E-state index contributed by atoms with van der Waals surface area (Å²) in [6, 6.07) is 3.11. The van der Waals surface area contributed by atoms with E-state index in [1.165, 1.54) is 6.07 Å². The van der Waals surface area contributed by atoms with E-state index in [-0.39, 0.29) is 11.2 Å². The second-order valence-electron chi connectivity index (χ2n) is 3.60. The van der Waals surface area contributed by atoms with E-state index in [9.17, 15) is 4.39 Å². The molecule has 0 unspecified atom stereocenters. The van der Waals surface area contributed by atoms with Crippen LogP contribution in [0.25, 0.3) is 0 Å². The third kappa shape index (κ3) is 1.87. The number of rotatable bonds is 3. The molecule has 1 aromatic heterocycles. The lowest BCUT2D eigenvalue weighted by atomic mass is 9.81. The maximum Gasteiger partial charge on any atom is 0.145 e. The van der Waals surface area contributed by atoms with Crippen LogP contribution in [-0.2, 0) is 5.41 Å². The summed E-state index contributed by atoms with van der Waals surface area (Å²) in [5, 5.41) is 0. The van der Waals surface area contributed by atoms with Crippen LogP contribution in [0.3, 0.4) is 0 Å². The number of aromatic nitrogens is 1. The van der Waals surface area contributed by atoms with Gasteiger partial charge in [0.15, 0.2) is 0 Å². The number of hydrogen-bond acceptors (Lipinski definition) is 1. The highest BCUT2D eigenvalue weighted by Gasteiger charge is 2.26. The molecule has 0 saturated carbocycles. The van der Waals surface area contributed by atoms with Crippen LogP contribution in [0.4, 0.5) is 4.39 Å². The van der Waals surface area contributed by atoms with Gasteiger partial charge in [0.2, 0.25) is 0 Å². The van der Waals surface area contributed by atoms with E-state index in [1.807, 2.05) is 0 Å². The van der Waals surface area contributed by atoms with Crippen molar-refractivity contribution in [2.75, 3.05) is 0 Å². The maximum absolute atomic E-state index is 13.4. The molecule has 1 aromatic rings. The highest BCUT2D eigenvalue weighted by molar-refractivity contribution is 5.17. The monoisotopic (exact) mass is 181 g/mol. The number of pyridine rings is 1. The van der Waals surface area contributed by atoms with Crippen molar-refractivity contribution in [2.45, 2.75) is 39.0 Å². The molecule has 1 rings (SSSR count). The first-order valence-electron chi connectivity index (χ1n) is 4.75. The molecule has 0 aliphatic heterocycles. The van der Waals surface area contributed by atoms with Gasteiger partial charge >= 0.3 is 0 Å². The van der Waals surface area contributed by atoms with E-state index in [2.05, 4.69) is 25.8 Å². The van der Waals surface area contributed by atoms with Gasteiger partial charge in [-0.2, -0.15) is 0 Å². The van der Waals surface area contributed by atoms with E-state index < -0.39 is 0 Å². The van der Waals surface area contributed by atoms with Crippen molar-refractivity contribution in [3.05, 3.63) is 29.8 Å². The Morgan fingerprint density at radius 3 is 2.46 bits per heavy atom. The zero-order valence-electron chi connectivity index (χ0n) is 8.47. The molecule has 0 spiro atoms. The van der Waals surface area contributed by atoms with Crippen molar-refractivity contribution in [3.8, 4) is 0 Å². The van der Waals surface area contributed by atoms with Crippen LogP contribution in [0.2, 0.25) is 0 Å². The van der Waals surface area contributed by atoms with Gasteiger partial charge in [-0.1, -0.05) is 20.8 Å². The fourth-order valence-electron chi connectivity index (χ4n) is 1.41. The fourth-order valence-corrected chi connectivity index (χ4v) is 1.41. The Balaban J connectivity index is 3.12. The minimum Gasteiger partial charge on any atom is -0.258 e. The average Bonchev–Trinajstić information content (AvgIpc) is 2.17. The minimum atomic E-state index is -0.186. The molecule has 2 heteroatoms. The maximum atomic E-state index is 13.4. The SMILES string of the molecule is CCC(C)(CC)c1ncccc1F.